The van der Waals surface area contributed by atoms with Gasteiger partial charge >= 0.3 is 0 Å². The van der Waals surface area contributed by atoms with E-state index in [1.165, 1.54) is 0 Å². The van der Waals surface area contributed by atoms with Gasteiger partial charge in [-0.05, 0) is 30.3 Å². The molecule has 30 heavy (non-hydrogen) atoms. The van der Waals surface area contributed by atoms with Crippen LogP contribution in [0.1, 0.15) is 15.9 Å². The summed E-state index contributed by atoms with van der Waals surface area (Å²) in [6.07, 6.45) is 0.127. The zero-order valence-electron chi connectivity index (χ0n) is 16.3. The summed E-state index contributed by atoms with van der Waals surface area (Å²) in [6, 6.07) is 19.3. The van der Waals surface area contributed by atoms with Crippen LogP contribution in [0.5, 0.6) is 17.2 Å². The summed E-state index contributed by atoms with van der Waals surface area (Å²) in [6.45, 7) is 0.161. The van der Waals surface area contributed by atoms with Gasteiger partial charge in [-0.25, -0.2) is 0 Å². The molecule has 152 valence electrons. The SMILES string of the molecule is COc1ccccc1CC(=O)Nc1ccccc1C(=O)Nc1ccc2c(c1)OCO2. The second-order valence-electron chi connectivity index (χ2n) is 6.60. The molecule has 0 atom stereocenters. The lowest BCUT2D eigenvalue weighted by atomic mass is 10.1. The Morgan fingerprint density at radius 1 is 0.933 bits per heavy atom. The molecule has 0 fully saturated rings. The number of para-hydroxylation sites is 2. The van der Waals surface area contributed by atoms with E-state index in [0.29, 0.717) is 34.2 Å². The Bertz CT molecular complexity index is 1100. The standard InChI is InChI=1S/C23H20N2O5/c1-28-19-9-5-2-6-15(19)12-22(26)25-18-8-4-3-7-17(18)23(27)24-16-10-11-20-21(13-16)30-14-29-20/h2-11,13H,12,14H2,1H3,(H,24,27)(H,25,26). The molecule has 0 saturated heterocycles. The summed E-state index contributed by atoms with van der Waals surface area (Å²) in [5, 5.41) is 5.64. The van der Waals surface area contributed by atoms with Crippen molar-refractivity contribution in [2.24, 2.45) is 0 Å². The molecule has 0 bridgehead atoms. The Hall–Kier alpha value is -4.00. The normalized spacial score (nSPS) is 11.6. The lowest BCUT2D eigenvalue weighted by Crippen LogP contribution is -2.19. The topological polar surface area (TPSA) is 85.9 Å². The number of benzene rings is 3. The second-order valence-corrected chi connectivity index (χ2v) is 6.60. The first-order chi connectivity index (χ1) is 14.6. The quantitative estimate of drug-likeness (QED) is 0.652. The van der Waals surface area contributed by atoms with Crippen LogP contribution in [0, 0.1) is 0 Å². The van der Waals surface area contributed by atoms with Crippen LogP contribution in [0.25, 0.3) is 0 Å². The highest BCUT2D eigenvalue weighted by atomic mass is 16.7. The molecule has 0 saturated carbocycles. The van der Waals surface area contributed by atoms with E-state index in [2.05, 4.69) is 10.6 Å². The van der Waals surface area contributed by atoms with E-state index >= 15 is 0 Å². The summed E-state index contributed by atoms with van der Waals surface area (Å²) >= 11 is 0. The van der Waals surface area contributed by atoms with Crippen molar-refractivity contribution in [2.75, 3.05) is 24.5 Å². The van der Waals surface area contributed by atoms with Gasteiger partial charge in [-0.15, -0.1) is 0 Å². The van der Waals surface area contributed by atoms with Crippen LogP contribution in [-0.2, 0) is 11.2 Å². The van der Waals surface area contributed by atoms with Gasteiger partial charge in [-0.2, -0.15) is 0 Å². The fourth-order valence-electron chi connectivity index (χ4n) is 3.18. The largest absolute Gasteiger partial charge is 0.496 e. The molecule has 1 heterocycles. The highest BCUT2D eigenvalue weighted by Gasteiger charge is 2.17. The van der Waals surface area contributed by atoms with Crippen LogP contribution in [-0.4, -0.2) is 25.7 Å². The van der Waals surface area contributed by atoms with E-state index < -0.39 is 0 Å². The fourth-order valence-corrected chi connectivity index (χ4v) is 3.18. The van der Waals surface area contributed by atoms with Gasteiger partial charge in [0, 0.05) is 17.3 Å². The lowest BCUT2D eigenvalue weighted by molar-refractivity contribution is -0.115. The van der Waals surface area contributed by atoms with Crippen molar-refractivity contribution in [3.63, 3.8) is 0 Å². The van der Waals surface area contributed by atoms with Gasteiger partial charge in [-0.3, -0.25) is 9.59 Å². The number of carbonyl (C=O) groups is 2. The summed E-state index contributed by atoms with van der Waals surface area (Å²) in [5.41, 5.74) is 2.11. The third-order valence-electron chi connectivity index (χ3n) is 4.62. The molecule has 0 unspecified atom stereocenters. The fraction of sp³-hybridized carbons (Fsp3) is 0.130. The van der Waals surface area contributed by atoms with E-state index in [1.54, 1.807) is 55.6 Å². The molecule has 1 aliphatic heterocycles. The van der Waals surface area contributed by atoms with Crippen LogP contribution < -0.4 is 24.8 Å². The number of ether oxygens (including phenoxy) is 3. The maximum absolute atomic E-state index is 12.8. The van der Waals surface area contributed by atoms with Crippen molar-refractivity contribution in [1.82, 2.24) is 0 Å². The smallest absolute Gasteiger partial charge is 0.257 e. The van der Waals surface area contributed by atoms with Crippen molar-refractivity contribution in [3.05, 3.63) is 77.9 Å². The average molecular weight is 404 g/mol. The first-order valence-electron chi connectivity index (χ1n) is 9.36. The molecular weight excluding hydrogens is 384 g/mol. The number of hydrogen-bond acceptors (Lipinski definition) is 5. The first-order valence-corrected chi connectivity index (χ1v) is 9.36. The molecular formula is C23H20N2O5. The van der Waals surface area contributed by atoms with E-state index in [0.717, 1.165) is 5.56 Å². The highest BCUT2D eigenvalue weighted by molar-refractivity contribution is 6.10. The Morgan fingerprint density at radius 3 is 2.57 bits per heavy atom. The summed E-state index contributed by atoms with van der Waals surface area (Å²) < 4.78 is 15.9. The maximum Gasteiger partial charge on any atom is 0.257 e. The van der Waals surface area contributed by atoms with E-state index in [9.17, 15) is 9.59 Å². The van der Waals surface area contributed by atoms with Crippen molar-refractivity contribution < 1.29 is 23.8 Å². The number of nitrogens with one attached hydrogen (secondary N) is 2. The van der Waals surface area contributed by atoms with Crippen molar-refractivity contribution in [3.8, 4) is 17.2 Å². The molecule has 0 aliphatic carbocycles. The van der Waals surface area contributed by atoms with Crippen LogP contribution >= 0.6 is 0 Å². The predicted molar refractivity (Wildman–Crippen MR) is 112 cm³/mol. The van der Waals surface area contributed by atoms with Crippen LogP contribution in [0.15, 0.2) is 66.7 Å². The molecule has 1 aliphatic rings. The van der Waals surface area contributed by atoms with Crippen LogP contribution in [0.3, 0.4) is 0 Å². The molecule has 4 rings (SSSR count). The monoisotopic (exact) mass is 404 g/mol. The number of fused-ring (bicyclic) bond motifs is 1. The number of methoxy groups -OCH3 is 1. The minimum absolute atomic E-state index is 0.127. The summed E-state index contributed by atoms with van der Waals surface area (Å²) in [4.78, 5) is 25.4. The minimum atomic E-state index is -0.345. The zero-order valence-corrected chi connectivity index (χ0v) is 16.3. The highest BCUT2D eigenvalue weighted by Crippen LogP contribution is 2.34. The third kappa shape index (κ3) is 4.20. The second kappa shape index (κ2) is 8.57. The number of anilines is 2. The van der Waals surface area contributed by atoms with Gasteiger partial charge in [0.15, 0.2) is 11.5 Å². The van der Waals surface area contributed by atoms with Gasteiger partial charge in [0.2, 0.25) is 12.7 Å². The van der Waals surface area contributed by atoms with Gasteiger partial charge in [0.1, 0.15) is 5.75 Å². The molecule has 7 nitrogen and oxygen atoms in total. The molecule has 2 amide bonds. The van der Waals surface area contributed by atoms with E-state index in [4.69, 9.17) is 14.2 Å². The number of amides is 2. The Labute approximate surface area is 173 Å². The molecule has 3 aromatic rings. The first kappa shape index (κ1) is 19.3. The molecule has 0 spiro atoms. The maximum atomic E-state index is 12.8. The lowest BCUT2D eigenvalue weighted by Gasteiger charge is -2.13. The number of hydrogen-bond donors (Lipinski definition) is 2. The summed E-state index contributed by atoms with van der Waals surface area (Å²) in [7, 11) is 1.56. The van der Waals surface area contributed by atoms with E-state index in [1.807, 2.05) is 18.2 Å². The molecule has 0 radical (unpaired) electrons. The van der Waals surface area contributed by atoms with E-state index in [-0.39, 0.29) is 25.0 Å². The van der Waals surface area contributed by atoms with Crippen molar-refractivity contribution >= 4 is 23.2 Å². The number of carbonyl (C=O) groups excluding carboxylic acids is 2. The van der Waals surface area contributed by atoms with Crippen LogP contribution in [0.2, 0.25) is 0 Å². The minimum Gasteiger partial charge on any atom is -0.496 e. The van der Waals surface area contributed by atoms with Crippen LogP contribution in [0.4, 0.5) is 11.4 Å². The Kier molecular flexibility index (Phi) is 5.52. The Morgan fingerprint density at radius 2 is 1.70 bits per heavy atom. The van der Waals surface area contributed by atoms with Gasteiger partial charge in [-0.1, -0.05) is 30.3 Å². The predicted octanol–water partition coefficient (Wildman–Crippen LogP) is 3.86. The van der Waals surface area contributed by atoms with Gasteiger partial charge in [0.05, 0.1) is 24.8 Å². The molecule has 0 aromatic heterocycles. The molecule has 2 N–H and O–H groups in total. The average Bonchev–Trinajstić information content (AvgIpc) is 3.22. The van der Waals surface area contributed by atoms with Gasteiger partial charge in [0.25, 0.3) is 5.91 Å². The van der Waals surface area contributed by atoms with Gasteiger partial charge < -0.3 is 24.8 Å². The zero-order chi connectivity index (χ0) is 20.9. The van der Waals surface area contributed by atoms with Crippen molar-refractivity contribution in [1.29, 1.82) is 0 Å². The molecule has 3 aromatic carbocycles. The molecule has 7 heteroatoms. The third-order valence-corrected chi connectivity index (χ3v) is 4.62. The summed E-state index contributed by atoms with van der Waals surface area (Å²) in [5.74, 6) is 1.26. The number of rotatable bonds is 6. The Balaban J connectivity index is 1.48. The van der Waals surface area contributed by atoms with Crippen molar-refractivity contribution in [2.45, 2.75) is 6.42 Å².